The van der Waals surface area contributed by atoms with Gasteiger partial charge in [0.1, 0.15) is 0 Å². The molecule has 6 nitrogen and oxygen atoms in total. The second-order valence-electron chi connectivity index (χ2n) is 6.66. The highest BCUT2D eigenvalue weighted by molar-refractivity contribution is 6.35. The molecule has 1 aromatic carbocycles. The van der Waals surface area contributed by atoms with Gasteiger partial charge in [0.15, 0.2) is 0 Å². The van der Waals surface area contributed by atoms with Crippen molar-refractivity contribution >= 4 is 11.8 Å². The van der Waals surface area contributed by atoms with E-state index in [1.54, 1.807) is 0 Å². The van der Waals surface area contributed by atoms with Crippen molar-refractivity contribution in [2.24, 2.45) is 0 Å². The first-order valence-electron chi connectivity index (χ1n) is 9.04. The zero-order valence-corrected chi connectivity index (χ0v) is 15.2. The lowest BCUT2D eigenvalue weighted by Gasteiger charge is -2.33. The van der Waals surface area contributed by atoms with Crippen LogP contribution < -0.4 is 10.6 Å². The van der Waals surface area contributed by atoms with Crippen molar-refractivity contribution in [3.63, 3.8) is 0 Å². The van der Waals surface area contributed by atoms with Crippen LogP contribution in [0.3, 0.4) is 0 Å². The van der Waals surface area contributed by atoms with Crippen LogP contribution in [0, 0.1) is 0 Å². The second kappa shape index (κ2) is 10.2. The van der Waals surface area contributed by atoms with E-state index >= 15 is 0 Å². The smallest absolute Gasteiger partial charge is 0.309 e. The minimum Gasteiger partial charge on any atom is -0.371 e. The van der Waals surface area contributed by atoms with Crippen molar-refractivity contribution < 1.29 is 14.3 Å². The topological polar surface area (TPSA) is 70.7 Å². The van der Waals surface area contributed by atoms with Crippen molar-refractivity contribution in [2.45, 2.75) is 38.8 Å². The number of nitrogens with one attached hydrogen (secondary N) is 2. The van der Waals surface area contributed by atoms with Crippen LogP contribution in [0.25, 0.3) is 0 Å². The summed E-state index contributed by atoms with van der Waals surface area (Å²) in [6.45, 7) is 7.73. The number of benzene rings is 1. The fourth-order valence-electron chi connectivity index (χ4n) is 2.85. The van der Waals surface area contributed by atoms with Crippen LogP contribution in [-0.4, -0.2) is 55.5 Å². The van der Waals surface area contributed by atoms with Crippen LogP contribution in [0.15, 0.2) is 30.3 Å². The van der Waals surface area contributed by atoms with E-state index < -0.39 is 11.8 Å². The summed E-state index contributed by atoms with van der Waals surface area (Å²) >= 11 is 0. The predicted octanol–water partition coefficient (Wildman–Crippen LogP) is 1.48. The van der Waals surface area contributed by atoms with Gasteiger partial charge in [-0.1, -0.05) is 30.3 Å². The number of nitrogens with zero attached hydrogens (tertiary/aromatic N) is 1. The summed E-state index contributed by atoms with van der Waals surface area (Å²) in [4.78, 5) is 25.5. The molecule has 0 unspecified atom stereocenters. The maximum absolute atomic E-state index is 11.6. The van der Waals surface area contributed by atoms with Crippen LogP contribution >= 0.6 is 0 Å². The van der Waals surface area contributed by atoms with E-state index in [-0.39, 0.29) is 12.1 Å². The van der Waals surface area contributed by atoms with Crippen molar-refractivity contribution in [1.82, 2.24) is 15.5 Å². The highest BCUT2D eigenvalue weighted by atomic mass is 16.5. The summed E-state index contributed by atoms with van der Waals surface area (Å²) in [5.74, 6) is -1.11. The first-order valence-corrected chi connectivity index (χ1v) is 9.04. The van der Waals surface area contributed by atoms with Crippen molar-refractivity contribution in [1.29, 1.82) is 0 Å². The zero-order chi connectivity index (χ0) is 18.1. The van der Waals surface area contributed by atoms with Crippen LogP contribution in [0.1, 0.15) is 38.4 Å². The van der Waals surface area contributed by atoms with Gasteiger partial charge in [0.05, 0.1) is 12.7 Å². The first kappa shape index (κ1) is 19.4. The molecule has 138 valence electrons. The molecule has 1 aliphatic heterocycles. The quantitative estimate of drug-likeness (QED) is 0.579. The molecule has 2 N–H and O–H groups in total. The fraction of sp³-hybridized carbons (Fsp3) is 0.579. The number of carbonyl (C=O) groups excluding carboxylic acids is 2. The number of hydrogen-bond acceptors (Lipinski definition) is 4. The Kier molecular flexibility index (Phi) is 7.88. The summed E-state index contributed by atoms with van der Waals surface area (Å²) < 4.78 is 5.87. The van der Waals surface area contributed by atoms with E-state index in [1.165, 1.54) is 5.56 Å². The number of unbranched alkanes of at least 4 members (excludes halogenated alkanes) is 1. The standard InChI is InChI=1S/C19H29N3O3/c1-15(2)21-19(24)18(23)20-10-6-7-11-22-12-13-25-17(14-22)16-8-4-3-5-9-16/h3-5,8-9,15,17H,6-7,10-14H2,1-2H3,(H,20,23)(H,21,24)/t17-/m1/s1. The van der Waals surface area contributed by atoms with E-state index in [0.717, 1.165) is 39.1 Å². The Morgan fingerprint density at radius 2 is 1.96 bits per heavy atom. The third-order valence-electron chi connectivity index (χ3n) is 4.13. The lowest BCUT2D eigenvalue weighted by atomic mass is 10.1. The van der Waals surface area contributed by atoms with Gasteiger partial charge < -0.3 is 15.4 Å². The lowest BCUT2D eigenvalue weighted by molar-refractivity contribution is -0.139. The maximum atomic E-state index is 11.6. The van der Waals surface area contributed by atoms with Gasteiger partial charge >= 0.3 is 11.8 Å². The summed E-state index contributed by atoms with van der Waals surface area (Å²) in [7, 11) is 0. The Morgan fingerprint density at radius 1 is 1.20 bits per heavy atom. The molecule has 0 aromatic heterocycles. The average Bonchev–Trinajstić information content (AvgIpc) is 2.61. The van der Waals surface area contributed by atoms with Crippen molar-refractivity contribution in [2.75, 3.05) is 32.8 Å². The molecule has 1 aliphatic rings. The average molecular weight is 347 g/mol. The largest absolute Gasteiger partial charge is 0.371 e. The second-order valence-corrected chi connectivity index (χ2v) is 6.66. The molecule has 0 saturated carbocycles. The van der Waals surface area contributed by atoms with E-state index in [9.17, 15) is 9.59 Å². The number of morpholine rings is 1. The molecule has 0 bridgehead atoms. The number of hydrogen-bond donors (Lipinski definition) is 2. The van der Waals surface area contributed by atoms with Crippen LogP contribution in [0.5, 0.6) is 0 Å². The molecular weight excluding hydrogens is 318 g/mol. The summed E-state index contributed by atoms with van der Waals surface area (Å²) in [6, 6.07) is 10.3. The normalized spacial score (nSPS) is 18.1. The highest BCUT2D eigenvalue weighted by Gasteiger charge is 2.21. The fourth-order valence-corrected chi connectivity index (χ4v) is 2.85. The third kappa shape index (κ3) is 6.84. The molecule has 2 amide bonds. The Labute approximate surface area is 149 Å². The van der Waals surface area contributed by atoms with Gasteiger partial charge in [-0.3, -0.25) is 14.5 Å². The molecule has 6 heteroatoms. The minimum atomic E-state index is -0.561. The van der Waals surface area contributed by atoms with Gasteiger partial charge in [0, 0.05) is 25.7 Å². The van der Waals surface area contributed by atoms with E-state index in [0.29, 0.717) is 6.54 Å². The molecule has 1 saturated heterocycles. The van der Waals surface area contributed by atoms with E-state index in [2.05, 4.69) is 27.7 Å². The molecule has 0 radical (unpaired) electrons. The minimum absolute atomic E-state index is 0.0304. The number of amides is 2. The Balaban J connectivity index is 1.62. The van der Waals surface area contributed by atoms with E-state index in [4.69, 9.17) is 4.74 Å². The lowest BCUT2D eigenvalue weighted by Crippen LogP contribution is -2.43. The summed E-state index contributed by atoms with van der Waals surface area (Å²) in [6.07, 6.45) is 1.97. The molecule has 0 aliphatic carbocycles. The number of rotatable bonds is 7. The maximum Gasteiger partial charge on any atom is 0.309 e. The highest BCUT2D eigenvalue weighted by Crippen LogP contribution is 2.21. The van der Waals surface area contributed by atoms with Gasteiger partial charge in [-0.25, -0.2) is 0 Å². The Hall–Kier alpha value is -1.92. The number of carbonyl (C=O) groups is 2. The van der Waals surface area contributed by atoms with Gasteiger partial charge in [-0.2, -0.15) is 0 Å². The van der Waals surface area contributed by atoms with Gasteiger partial charge in [0.2, 0.25) is 0 Å². The summed E-state index contributed by atoms with van der Waals surface area (Å²) in [5.41, 5.74) is 1.22. The van der Waals surface area contributed by atoms with Crippen LogP contribution in [0.2, 0.25) is 0 Å². The molecule has 1 fully saturated rings. The van der Waals surface area contributed by atoms with Crippen LogP contribution in [-0.2, 0) is 14.3 Å². The molecule has 1 heterocycles. The predicted molar refractivity (Wildman–Crippen MR) is 97.1 cm³/mol. The number of ether oxygens (including phenoxy) is 1. The Morgan fingerprint density at radius 3 is 2.68 bits per heavy atom. The molecule has 1 aromatic rings. The van der Waals surface area contributed by atoms with Crippen LogP contribution in [0.4, 0.5) is 0 Å². The summed E-state index contributed by atoms with van der Waals surface area (Å²) in [5, 5.41) is 5.25. The first-order chi connectivity index (χ1) is 12.1. The van der Waals surface area contributed by atoms with Gasteiger partial charge in [-0.05, 0) is 38.8 Å². The molecule has 25 heavy (non-hydrogen) atoms. The molecule has 0 spiro atoms. The molecular formula is C19H29N3O3. The van der Waals surface area contributed by atoms with Crippen molar-refractivity contribution in [3.05, 3.63) is 35.9 Å². The van der Waals surface area contributed by atoms with Gasteiger partial charge in [-0.15, -0.1) is 0 Å². The Bertz CT molecular complexity index is 548. The van der Waals surface area contributed by atoms with Crippen molar-refractivity contribution in [3.8, 4) is 0 Å². The zero-order valence-electron chi connectivity index (χ0n) is 15.2. The molecule has 1 atom stereocenters. The molecule has 2 rings (SSSR count). The SMILES string of the molecule is CC(C)NC(=O)C(=O)NCCCCN1CCO[C@@H](c2ccccc2)C1. The van der Waals surface area contributed by atoms with Gasteiger partial charge in [0.25, 0.3) is 0 Å². The third-order valence-corrected chi connectivity index (χ3v) is 4.13. The monoisotopic (exact) mass is 347 g/mol. The van der Waals surface area contributed by atoms with E-state index in [1.807, 2.05) is 32.0 Å².